The minimum absolute atomic E-state index is 0.136. The lowest BCUT2D eigenvalue weighted by Gasteiger charge is -2.11. The maximum Gasteiger partial charge on any atom is 0.164 e. The van der Waals surface area contributed by atoms with Crippen LogP contribution in [-0.4, -0.2) is 19.5 Å². The third-order valence-electron chi connectivity index (χ3n) is 7.32. The molecule has 0 atom stereocenters. The van der Waals surface area contributed by atoms with E-state index in [0.717, 1.165) is 21.5 Å². The summed E-state index contributed by atoms with van der Waals surface area (Å²) in [6.07, 6.45) is 0. The molecule has 5 heteroatoms. The van der Waals surface area contributed by atoms with Gasteiger partial charge in [-0.15, -0.1) is 0 Å². The predicted octanol–water partition coefficient (Wildman–Crippen LogP) is 9.87. The number of rotatable bonds is 4. The predicted molar refractivity (Wildman–Crippen MR) is 178 cm³/mol. The largest absolute Gasteiger partial charge is 0.454 e. The van der Waals surface area contributed by atoms with Crippen molar-refractivity contribution < 1.29 is 23.6 Å². The first-order chi connectivity index (χ1) is 27.6. The fraction of sp³-hybridized carbons (Fsp3) is 0. The third kappa shape index (κ3) is 3.83. The molecule has 9 aromatic rings. The zero-order valence-electron chi connectivity index (χ0n) is 36.5. The summed E-state index contributed by atoms with van der Waals surface area (Å²) < 4.78 is 129. The van der Waals surface area contributed by atoms with Crippen LogP contribution in [0.3, 0.4) is 0 Å². The molecule has 0 saturated heterocycles. The minimum atomic E-state index is -0.735. The van der Waals surface area contributed by atoms with Crippen molar-refractivity contribution in [3.05, 3.63) is 145 Å². The molecule has 3 aromatic heterocycles. The fourth-order valence-electron chi connectivity index (χ4n) is 5.43. The molecule has 0 aliphatic heterocycles. The standard InChI is InChI=1S/C39H24N4O/c1-3-11-25(12-4-1)37-40-38(26-13-5-2-6-14-26)42-39(41-37)27-19-21-28(22-20-27)43-33-17-9-7-15-29(33)31-23-24-32-30-16-8-10-18-34(30)44-36(32)35(31)43/h1-24H/i1D,2D,3D,4D,5D,6D,11D,12D,13D,14D,19D,20D,21D,22D. The maximum atomic E-state index is 9.42. The summed E-state index contributed by atoms with van der Waals surface area (Å²) in [4.78, 5) is 12.9. The number of hydrogen-bond donors (Lipinski definition) is 0. The average Bonchev–Trinajstić information content (AvgIpc) is 3.76. The lowest BCUT2D eigenvalue weighted by molar-refractivity contribution is 0.671. The Labute approximate surface area is 272 Å². The number of nitrogens with zero attached hydrogens (tertiary/aromatic N) is 4. The highest BCUT2D eigenvalue weighted by molar-refractivity contribution is 6.21. The molecule has 44 heavy (non-hydrogen) atoms. The highest BCUT2D eigenvalue weighted by Crippen LogP contribution is 2.40. The molecule has 0 radical (unpaired) electrons. The molecule has 0 N–H and O–H groups in total. The first-order valence-corrected chi connectivity index (χ1v) is 13.5. The SMILES string of the molecule is [2H]c1c([2H])c([2H])c(-c2nc(-c3c([2H])c([2H])c([2H])c([2H])c3[2H])nc(-c3c([2H])c([2H])c(-n4c5ccccc5c5ccc6c7ccccc7oc6c54)c([2H])c3[2H])n2)c([2H])c1[2H]. The smallest absolute Gasteiger partial charge is 0.164 e. The van der Waals surface area contributed by atoms with Crippen LogP contribution in [0.15, 0.2) is 150 Å². The van der Waals surface area contributed by atoms with Gasteiger partial charge in [0.2, 0.25) is 0 Å². The number of aromatic nitrogens is 4. The molecular weight excluding hydrogens is 540 g/mol. The van der Waals surface area contributed by atoms with Crippen LogP contribution < -0.4 is 0 Å². The zero-order valence-corrected chi connectivity index (χ0v) is 22.5. The number of fused-ring (bicyclic) bond motifs is 7. The van der Waals surface area contributed by atoms with E-state index in [0.29, 0.717) is 22.2 Å². The van der Waals surface area contributed by atoms with Crippen LogP contribution in [0, 0.1) is 0 Å². The minimum Gasteiger partial charge on any atom is -0.454 e. The Bertz CT molecular complexity index is 3130. The van der Waals surface area contributed by atoms with Gasteiger partial charge in [-0.05, 0) is 42.4 Å². The van der Waals surface area contributed by atoms with Crippen molar-refractivity contribution in [1.82, 2.24) is 19.5 Å². The first kappa shape index (κ1) is 14.4. The Hall–Kier alpha value is -6.07. The van der Waals surface area contributed by atoms with Crippen molar-refractivity contribution in [2.75, 3.05) is 0 Å². The van der Waals surface area contributed by atoms with Gasteiger partial charge in [0.1, 0.15) is 5.58 Å². The summed E-state index contributed by atoms with van der Waals surface area (Å²) in [6.45, 7) is 0. The van der Waals surface area contributed by atoms with Crippen LogP contribution in [0.25, 0.3) is 83.6 Å². The second-order valence-corrected chi connectivity index (χ2v) is 9.82. The van der Waals surface area contributed by atoms with Gasteiger partial charge < -0.3 is 8.98 Å². The van der Waals surface area contributed by atoms with E-state index in [1.54, 1.807) is 16.7 Å². The van der Waals surface area contributed by atoms with Gasteiger partial charge in [-0.2, -0.15) is 0 Å². The van der Waals surface area contributed by atoms with Gasteiger partial charge in [-0.3, -0.25) is 0 Å². The van der Waals surface area contributed by atoms with E-state index in [-0.39, 0.29) is 5.69 Å². The molecule has 3 heterocycles. The maximum absolute atomic E-state index is 9.42. The van der Waals surface area contributed by atoms with E-state index in [1.165, 1.54) is 0 Å². The van der Waals surface area contributed by atoms with Gasteiger partial charge in [-0.1, -0.05) is 103 Å². The van der Waals surface area contributed by atoms with Crippen molar-refractivity contribution in [2.24, 2.45) is 0 Å². The van der Waals surface area contributed by atoms with E-state index in [4.69, 9.17) is 18.1 Å². The lowest BCUT2D eigenvalue weighted by atomic mass is 10.1. The molecule has 0 aliphatic carbocycles. The van der Waals surface area contributed by atoms with E-state index < -0.39 is 119 Å². The molecule has 6 aromatic carbocycles. The van der Waals surface area contributed by atoms with E-state index in [1.807, 2.05) is 48.5 Å². The van der Waals surface area contributed by atoms with Crippen LogP contribution >= 0.6 is 0 Å². The van der Waals surface area contributed by atoms with Crippen molar-refractivity contribution in [1.29, 1.82) is 0 Å². The van der Waals surface area contributed by atoms with Gasteiger partial charge in [0.05, 0.1) is 30.2 Å². The number of hydrogen-bond acceptors (Lipinski definition) is 4. The first-order valence-electron chi connectivity index (χ1n) is 20.5. The molecule has 0 amide bonds. The molecule has 0 unspecified atom stereocenters. The Morgan fingerprint density at radius 3 is 1.70 bits per heavy atom. The normalized spacial score (nSPS) is 16.1. The highest BCUT2D eigenvalue weighted by Gasteiger charge is 2.19. The molecule has 0 spiro atoms. The van der Waals surface area contributed by atoms with Gasteiger partial charge in [0, 0.05) is 43.9 Å². The number of para-hydroxylation sites is 2. The summed E-state index contributed by atoms with van der Waals surface area (Å²) >= 11 is 0. The average molecular weight is 579 g/mol. The fourth-order valence-corrected chi connectivity index (χ4v) is 5.43. The van der Waals surface area contributed by atoms with Gasteiger partial charge in [0.25, 0.3) is 0 Å². The summed E-state index contributed by atoms with van der Waals surface area (Å²) in [5.74, 6) is -1.78. The molecule has 0 fully saturated rings. The lowest BCUT2D eigenvalue weighted by Crippen LogP contribution is -2.00. The monoisotopic (exact) mass is 578 g/mol. The number of benzene rings is 6. The molecule has 0 aliphatic rings. The second-order valence-electron chi connectivity index (χ2n) is 9.82. The zero-order chi connectivity index (χ0) is 41.2. The van der Waals surface area contributed by atoms with Crippen LogP contribution in [0.2, 0.25) is 0 Å². The summed E-state index contributed by atoms with van der Waals surface area (Å²) in [6, 6.07) is 8.98. The van der Waals surface area contributed by atoms with Crippen molar-refractivity contribution in [3.63, 3.8) is 0 Å². The molecule has 0 bridgehead atoms. The Balaban J connectivity index is 1.38. The summed E-state index contributed by atoms with van der Waals surface area (Å²) in [7, 11) is 0. The Morgan fingerprint density at radius 1 is 0.500 bits per heavy atom. The molecule has 5 nitrogen and oxygen atoms in total. The van der Waals surface area contributed by atoms with Gasteiger partial charge >= 0.3 is 0 Å². The van der Waals surface area contributed by atoms with E-state index >= 15 is 0 Å². The van der Waals surface area contributed by atoms with E-state index in [9.17, 15) is 5.48 Å². The van der Waals surface area contributed by atoms with Gasteiger partial charge in [0.15, 0.2) is 23.1 Å². The van der Waals surface area contributed by atoms with Crippen molar-refractivity contribution >= 4 is 43.7 Å². The summed E-state index contributed by atoms with van der Waals surface area (Å²) in [5, 5.41) is 3.09. The molecular formula is C39H24N4O. The van der Waals surface area contributed by atoms with Crippen molar-refractivity contribution in [2.45, 2.75) is 0 Å². The number of furan rings is 1. The Morgan fingerprint density at radius 2 is 1.05 bits per heavy atom. The molecule has 206 valence electrons. The third-order valence-corrected chi connectivity index (χ3v) is 7.32. The molecule has 9 rings (SSSR count). The quantitative estimate of drug-likeness (QED) is 0.209. The van der Waals surface area contributed by atoms with Crippen LogP contribution in [0.5, 0.6) is 0 Å². The van der Waals surface area contributed by atoms with Crippen LogP contribution in [0.1, 0.15) is 19.2 Å². The van der Waals surface area contributed by atoms with Crippen LogP contribution in [-0.2, 0) is 0 Å². The molecule has 0 saturated carbocycles. The van der Waals surface area contributed by atoms with Crippen molar-refractivity contribution in [3.8, 4) is 39.9 Å². The Kier molecular flexibility index (Phi) is 3.19. The second kappa shape index (κ2) is 9.75. The topological polar surface area (TPSA) is 56.7 Å². The highest BCUT2D eigenvalue weighted by atomic mass is 16.3. The van der Waals surface area contributed by atoms with Crippen LogP contribution in [0.4, 0.5) is 0 Å². The van der Waals surface area contributed by atoms with Gasteiger partial charge in [-0.25, -0.2) is 15.0 Å². The summed E-state index contributed by atoms with van der Waals surface area (Å²) in [5.41, 5.74) is 0.435. The van der Waals surface area contributed by atoms with E-state index in [2.05, 4.69) is 15.0 Å².